The topological polar surface area (TPSA) is 231 Å². The van der Waals surface area contributed by atoms with Gasteiger partial charge in [-0.2, -0.15) is 0 Å². The van der Waals surface area contributed by atoms with E-state index in [1.54, 1.807) is 0 Å². The second-order valence-electron chi connectivity index (χ2n) is 28.2. The van der Waals surface area contributed by atoms with Crippen LogP contribution < -0.4 is 0 Å². The van der Waals surface area contributed by atoms with Crippen LogP contribution in [0.3, 0.4) is 0 Å². The number of aliphatic hydroxyl groups is 2. The van der Waals surface area contributed by atoms with Crippen molar-refractivity contribution < 1.29 is 75.8 Å². The first-order valence-corrected chi connectivity index (χ1v) is 45.8. The van der Waals surface area contributed by atoms with E-state index in [0.29, 0.717) is 19.3 Å². The third-order valence-electron chi connectivity index (χ3n) is 17.7. The Hall–Kier alpha value is -4.83. The Morgan fingerprint density at radius 1 is 0.266 bits per heavy atom. The Morgan fingerprint density at radius 2 is 0.486 bits per heavy atom. The van der Waals surface area contributed by atoms with Crippen LogP contribution in [0.4, 0.5) is 0 Å². The first kappa shape index (κ1) is 104. The molecular formula is C91H154O16P2. The first-order valence-electron chi connectivity index (χ1n) is 42.8. The van der Waals surface area contributed by atoms with Gasteiger partial charge in [-0.05, 0) is 148 Å². The maximum absolute atomic E-state index is 13.0. The zero-order chi connectivity index (χ0) is 79.4. The highest BCUT2D eigenvalue weighted by Gasteiger charge is 2.29. The third kappa shape index (κ3) is 83.9. The van der Waals surface area contributed by atoms with Gasteiger partial charge in [0.1, 0.15) is 25.4 Å². The van der Waals surface area contributed by atoms with Crippen molar-refractivity contribution >= 4 is 33.6 Å². The predicted molar refractivity (Wildman–Crippen MR) is 454 cm³/mol. The van der Waals surface area contributed by atoms with E-state index in [1.807, 2.05) is 0 Å². The SMILES string of the molecule is CC/C=C\C/C=C\C/C=C\C/C=C\C/C=C\C/C=C\CCCCCCCCCCCCCCCCCCC(=O)OCC(O)COP(=O)(O)OCC(O)COP(=O)(O)OCC(COC(=O)CCCCCC/C=C\C/C=C\C/C=C\C/C=C\C/C=C\C/C=C\CC)OC(=O)CCCCCCC/C=C\CCCCCCCC. The highest BCUT2D eigenvalue weighted by Crippen LogP contribution is 2.45. The number of carbonyl (C=O) groups is 3. The zero-order valence-corrected chi connectivity index (χ0v) is 70.2. The van der Waals surface area contributed by atoms with Gasteiger partial charge in [0.25, 0.3) is 0 Å². The minimum atomic E-state index is -4.94. The number of hydrogen-bond donors (Lipinski definition) is 4. The van der Waals surface area contributed by atoms with Crippen LogP contribution in [0.1, 0.15) is 342 Å². The van der Waals surface area contributed by atoms with Crippen LogP contribution in [0.15, 0.2) is 158 Å². The van der Waals surface area contributed by atoms with Crippen LogP contribution in [-0.4, -0.2) is 95.9 Å². The second kappa shape index (κ2) is 82.6. The smallest absolute Gasteiger partial charge is 0.463 e. The van der Waals surface area contributed by atoms with Gasteiger partial charge in [0.15, 0.2) is 6.10 Å². The van der Waals surface area contributed by atoms with Gasteiger partial charge in [0.2, 0.25) is 0 Å². The summed E-state index contributed by atoms with van der Waals surface area (Å²) in [6.07, 6.45) is 104. The van der Waals surface area contributed by atoms with E-state index in [4.69, 9.17) is 32.3 Å². The molecule has 624 valence electrons. The lowest BCUT2D eigenvalue weighted by atomic mass is 10.0. The van der Waals surface area contributed by atoms with E-state index in [-0.39, 0.29) is 19.3 Å². The van der Waals surface area contributed by atoms with Crippen LogP contribution in [0.5, 0.6) is 0 Å². The summed E-state index contributed by atoms with van der Waals surface area (Å²) in [6.45, 7) is 2.43. The molecule has 0 spiro atoms. The summed E-state index contributed by atoms with van der Waals surface area (Å²) in [6, 6.07) is 0. The van der Waals surface area contributed by atoms with Crippen LogP contribution in [0.2, 0.25) is 0 Å². The Morgan fingerprint density at radius 3 is 0.780 bits per heavy atom. The van der Waals surface area contributed by atoms with Gasteiger partial charge in [0, 0.05) is 19.3 Å². The van der Waals surface area contributed by atoms with Gasteiger partial charge in [-0.1, -0.05) is 333 Å². The molecule has 0 aromatic rings. The fraction of sp³-hybridized carbons (Fsp3) is 0.681. The molecular weight excluding hydrogens is 1410 g/mol. The summed E-state index contributed by atoms with van der Waals surface area (Å²) in [5.41, 5.74) is 0. The van der Waals surface area contributed by atoms with Gasteiger partial charge in [0.05, 0.1) is 26.4 Å². The van der Waals surface area contributed by atoms with E-state index < -0.39 is 91.5 Å². The molecule has 0 aliphatic rings. The fourth-order valence-corrected chi connectivity index (χ4v) is 12.9. The molecule has 0 aliphatic carbocycles. The molecule has 0 saturated heterocycles. The van der Waals surface area contributed by atoms with Crippen LogP contribution >= 0.6 is 15.6 Å². The number of carbonyl (C=O) groups excluding carboxylic acids is 3. The molecule has 0 saturated carbocycles. The number of esters is 3. The van der Waals surface area contributed by atoms with E-state index in [0.717, 1.165) is 161 Å². The summed E-state index contributed by atoms with van der Waals surface area (Å²) in [7, 11) is -9.81. The molecule has 4 N–H and O–H groups in total. The summed E-state index contributed by atoms with van der Waals surface area (Å²) < 4.78 is 61.2. The molecule has 16 nitrogen and oxygen atoms in total. The molecule has 0 fully saturated rings. The zero-order valence-electron chi connectivity index (χ0n) is 68.4. The van der Waals surface area contributed by atoms with E-state index in [1.165, 1.54) is 122 Å². The quantitative estimate of drug-likeness (QED) is 0.0146. The lowest BCUT2D eigenvalue weighted by Gasteiger charge is -2.21. The Labute approximate surface area is 663 Å². The lowest BCUT2D eigenvalue weighted by Crippen LogP contribution is -2.30. The maximum Gasteiger partial charge on any atom is 0.472 e. The van der Waals surface area contributed by atoms with Crippen molar-refractivity contribution in [1.82, 2.24) is 0 Å². The fourth-order valence-electron chi connectivity index (χ4n) is 11.3. The van der Waals surface area contributed by atoms with Gasteiger partial charge in [-0.25, -0.2) is 9.13 Å². The van der Waals surface area contributed by atoms with Gasteiger partial charge >= 0.3 is 33.6 Å². The average Bonchev–Trinajstić information content (AvgIpc) is 0.902. The summed E-state index contributed by atoms with van der Waals surface area (Å²) >= 11 is 0. The molecule has 109 heavy (non-hydrogen) atoms. The highest BCUT2D eigenvalue weighted by atomic mass is 31.2. The highest BCUT2D eigenvalue weighted by molar-refractivity contribution is 7.47. The molecule has 0 bridgehead atoms. The number of unbranched alkanes of at least 4 members (excludes halogenated alkanes) is 31. The lowest BCUT2D eigenvalue weighted by molar-refractivity contribution is -0.161. The van der Waals surface area contributed by atoms with Crippen molar-refractivity contribution in [3.8, 4) is 0 Å². The minimum absolute atomic E-state index is 0.0857. The van der Waals surface area contributed by atoms with E-state index in [2.05, 4.69) is 179 Å². The Balaban J connectivity index is 4.47. The molecule has 0 aromatic heterocycles. The van der Waals surface area contributed by atoms with Gasteiger partial charge in [-0.15, -0.1) is 0 Å². The standard InChI is InChI=1S/C91H154O16P2/c1-4-7-10-13-16-19-22-25-28-30-32-34-36-37-38-39-40-41-42-43-44-45-46-47-49-51-52-54-57-59-62-65-68-71-74-77-89(94)101-80-86(92)81-103-108(97,98)104-82-87(93)83-105-109(99,100)106-85-88(107-91(96)79-76-73-70-67-64-61-56-27-24-21-18-15-12-9-6-3)84-102-90(95)78-75-72-69-66-63-60-58-55-53-50-48-35-33-31-29-26-23-20-17-14-11-8-5-2/h7-8,10-11,16-17,19-20,25-29,32-35,37-38,40-41,50,53,56,58,60,86-88,92-93H,4-6,9,12-15,18,21-24,30-31,36,39,42-49,51-52,54-55,57,59,61-85H2,1-3H3,(H,97,98)(H,99,100)/b10-7-,11-8-,19-16-,20-17-,28-25-,29-26-,34-32-,35-33-,38-37-,41-40-,53-50-,56-27-,60-58-. The predicted octanol–water partition coefficient (Wildman–Crippen LogP) is 25.8. The van der Waals surface area contributed by atoms with Crippen molar-refractivity contribution in [3.63, 3.8) is 0 Å². The van der Waals surface area contributed by atoms with Crippen LogP contribution in [-0.2, 0) is 55.8 Å². The number of rotatable bonds is 80. The second-order valence-corrected chi connectivity index (χ2v) is 31.1. The number of allylic oxidation sites excluding steroid dienone is 26. The first-order chi connectivity index (χ1) is 53.2. The monoisotopic (exact) mass is 1570 g/mol. The summed E-state index contributed by atoms with van der Waals surface area (Å²) in [5, 5.41) is 20.7. The van der Waals surface area contributed by atoms with Gasteiger partial charge in [-0.3, -0.25) is 32.5 Å². The molecule has 18 heteroatoms. The molecule has 5 unspecified atom stereocenters. The van der Waals surface area contributed by atoms with Crippen molar-refractivity contribution in [2.45, 2.75) is 360 Å². The summed E-state index contributed by atoms with van der Waals surface area (Å²) in [4.78, 5) is 58.7. The van der Waals surface area contributed by atoms with Gasteiger partial charge < -0.3 is 34.2 Å². The van der Waals surface area contributed by atoms with Crippen molar-refractivity contribution in [2.75, 3.05) is 39.6 Å². The largest absolute Gasteiger partial charge is 0.472 e. The molecule has 0 aromatic carbocycles. The molecule has 0 amide bonds. The van der Waals surface area contributed by atoms with E-state index >= 15 is 0 Å². The summed E-state index contributed by atoms with van der Waals surface area (Å²) in [5.74, 6) is -1.61. The number of phosphoric acid groups is 2. The van der Waals surface area contributed by atoms with Crippen LogP contribution in [0.25, 0.3) is 0 Å². The minimum Gasteiger partial charge on any atom is -0.463 e. The van der Waals surface area contributed by atoms with Crippen molar-refractivity contribution in [1.29, 1.82) is 0 Å². The van der Waals surface area contributed by atoms with E-state index in [9.17, 15) is 43.5 Å². The number of hydrogen-bond acceptors (Lipinski definition) is 14. The number of aliphatic hydroxyl groups excluding tert-OH is 2. The van der Waals surface area contributed by atoms with Crippen LogP contribution in [0, 0.1) is 0 Å². The Bertz CT molecular complexity index is 2610. The molecule has 5 atom stereocenters. The van der Waals surface area contributed by atoms with Crippen molar-refractivity contribution in [3.05, 3.63) is 158 Å². The Kier molecular flexibility index (Phi) is 79.0. The molecule has 0 rings (SSSR count). The number of phosphoric ester groups is 2. The normalized spacial score (nSPS) is 14.7. The maximum atomic E-state index is 13.0. The number of ether oxygens (including phenoxy) is 3. The molecule has 0 radical (unpaired) electrons. The molecule has 0 aliphatic heterocycles. The molecule has 0 heterocycles. The average molecular weight is 1570 g/mol. The third-order valence-corrected chi connectivity index (χ3v) is 19.6. The van der Waals surface area contributed by atoms with Crippen molar-refractivity contribution in [2.24, 2.45) is 0 Å².